The Kier molecular flexibility index (Phi) is 4.21. The molecule has 5 nitrogen and oxygen atoms in total. The van der Waals surface area contributed by atoms with Crippen molar-refractivity contribution in [2.24, 2.45) is 0 Å². The molecular formula is C15H15BrN4OS2. The van der Waals surface area contributed by atoms with Crippen molar-refractivity contribution in [1.29, 1.82) is 0 Å². The maximum Gasteiger partial charge on any atom is 0.274 e. The lowest BCUT2D eigenvalue weighted by atomic mass is 10.1. The average Bonchev–Trinajstić information content (AvgIpc) is 3.13. The molecule has 0 saturated carbocycles. The Hall–Kier alpha value is -1.25. The number of aromatic nitrogens is 3. The zero-order chi connectivity index (χ0) is 15.8. The molecule has 0 bridgehead atoms. The molecule has 4 rings (SSSR count). The highest BCUT2D eigenvalue weighted by atomic mass is 79.9. The van der Waals surface area contributed by atoms with Crippen LogP contribution in [-0.4, -0.2) is 34.4 Å². The lowest BCUT2D eigenvalue weighted by molar-refractivity contribution is 0.170. The molecule has 3 heterocycles. The monoisotopic (exact) mass is 410 g/mol. The van der Waals surface area contributed by atoms with E-state index in [1.807, 2.05) is 19.1 Å². The van der Waals surface area contributed by atoms with Gasteiger partial charge >= 0.3 is 0 Å². The number of aryl methyl sites for hydroxylation is 1. The van der Waals surface area contributed by atoms with Crippen LogP contribution in [0.15, 0.2) is 22.7 Å². The fourth-order valence-electron chi connectivity index (χ4n) is 2.65. The number of ether oxygens (including phenoxy) is 1. The van der Waals surface area contributed by atoms with E-state index in [2.05, 4.69) is 42.1 Å². The molecule has 0 amide bonds. The van der Waals surface area contributed by atoms with Gasteiger partial charge in [-0.05, 0) is 25.1 Å². The molecule has 1 aliphatic rings. The van der Waals surface area contributed by atoms with Crippen molar-refractivity contribution >= 4 is 54.0 Å². The van der Waals surface area contributed by atoms with Crippen LogP contribution in [0.5, 0.6) is 5.19 Å². The largest absolute Gasteiger partial charge is 0.467 e. The second-order valence-electron chi connectivity index (χ2n) is 5.50. The van der Waals surface area contributed by atoms with Crippen molar-refractivity contribution in [3.63, 3.8) is 0 Å². The summed E-state index contributed by atoms with van der Waals surface area (Å²) in [4.78, 5) is 6.86. The van der Waals surface area contributed by atoms with Crippen LogP contribution in [0.1, 0.15) is 17.8 Å². The van der Waals surface area contributed by atoms with Crippen LogP contribution in [0.25, 0.3) is 10.2 Å². The highest BCUT2D eigenvalue weighted by molar-refractivity contribution is 9.10. The molecule has 3 aromatic rings. The average molecular weight is 411 g/mol. The minimum atomic E-state index is 0.226. The van der Waals surface area contributed by atoms with Gasteiger partial charge in [0.15, 0.2) is 0 Å². The Morgan fingerprint density at radius 1 is 1.22 bits per heavy atom. The first-order valence-electron chi connectivity index (χ1n) is 7.45. The Bertz CT molecular complexity index is 826. The van der Waals surface area contributed by atoms with Crippen LogP contribution in [0, 0.1) is 6.92 Å². The van der Waals surface area contributed by atoms with Gasteiger partial charge in [0.25, 0.3) is 5.19 Å². The molecule has 1 aliphatic heterocycles. The van der Waals surface area contributed by atoms with Gasteiger partial charge in [0.05, 0.1) is 10.2 Å². The summed E-state index contributed by atoms with van der Waals surface area (Å²) in [7, 11) is 0. The molecule has 120 valence electrons. The number of benzene rings is 1. The molecule has 1 saturated heterocycles. The summed E-state index contributed by atoms with van der Waals surface area (Å²) in [6.07, 6.45) is 2.19. The normalized spacial score (nSPS) is 16.2. The fraction of sp³-hybridized carbons (Fsp3) is 0.400. The van der Waals surface area contributed by atoms with Gasteiger partial charge in [-0.2, -0.15) is 0 Å². The van der Waals surface area contributed by atoms with Crippen molar-refractivity contribution in [3.8, 4) is 5.19 Å². The molecule has 1 aromatic carbocycles. The minimum Gasteiger partial charge on any atom is -0.467 e. The highest BCUT2D eigenvalue weighted by Gasteiger charge is 2.23. The van der Waals surface area contributed by atoms with Gasteiger partial charge in [0.2, 0.25) is 5.13 Å². The van der Waals surface area contributed by atoms with Crippen LogP contribution >= 0.6 is 38.6 Å². The van der Waals surface area contributed by atoms with Gasteiger partial charge in [-0.3, -0.25) is 0 Å². The quantitative estimate of drug-likeness (QED) is 0.645. The van der Waals surface area contributed by atoms with Gasteiger partial charge in [-0.25, -0.2) is 4.98 Å². The van der Waals surface area contributed by atoms with Crippen molar-refractivity contribution in [2.45, 2.75) is 25.9 Å². The summed E-state index contributed by atoms with van der Waals surface area (Å²) >= 11 is 6.75. The zero-order valence-corrected chi connectivity index (χ0v) is 15.7. The molecule has 8 heteroatoms. The molecule has 0 N–H and O–H groups in total. The van der Waals surface area contributed by atoms with E-state index in [4.69, 9.17) is 4.74 Å². The van der Waals surface area contributed by atoms with E-state index in [1.165, 1.54) is 0 Å². The molecule has 2 aromatic heterocycles. The Morgan fingerprint density at radius 2 is 2.04 bits per heavy atom. The van der Waals surface area contributed by atoms with Crippen molar-refractivity contribution < 1.29 is 4.74 Å². The van der Waals surface area contributed by atoms with Crippen LogP contribution in [-0.2, 0) is 0 Å². The number of anilines is 1. The van der Waals surface area contributed by atoms with Crippen molar-refractivity contribution in [1.82, 2.24) is 15.2 Å². The Morgan fingerprint density at radius 3 is 2.78 bits per heavy atom. The Balaban J connectivity index is 1.40. The minimum absolute atomic E-state index is 0.226. The van der Waals surface area contributed by atoms with Crippen LogP contribution in [0.2, 0.25) is 0 Å². The number of hydrogen-bond donors (Lipinski definition) is 0. The third kappa shape index (κ3) is 3.34. The van der Waals surface area contributed by atoms with Gasteiger partial charge in [0, 0.05) is 30.4 Å². The van der Waals surface area contributed by atoms with E-state index in [9.17, 15) is 0 Å². The van der Waals surface area contributed by atoms with Crippen LogP contribution in [0.3, 0.4) is 0 Å². The number of piperidine rings is 1. The summed E-state index contributed by atoms with van der Waals surface area (Å²) in [5.74, 6) is 0. The Labute approximate surface area is 150 Å². The van der Waals surface area contributed by atoms with Crippen LogP contribution < -0.4 is 9.64 Å². The third-order valence-electron chi connectivity index (χ3n) is 3.83. The molecule has 0 aliphatic carbocycles. The van der Waals surface area contributed by atoms with Gasteiger partial charge in [-0.15, -0.1) is 10.2 Å². The summed E-state index contributed by atoms with van der Waals surface area (Å²) in [6, 6.07) is 6.11. The first-order chi connectivity index (χ1) is 11.2. The number of thiazole rings is 1. The molecule has 0 unspecified atom stereocenters. The maximum atomic E-state index is 6.10. The van der Waals surface area contributed by atoms with Crippen molar-refractivity contribution in [2.75, 3.05) is 18.0 Å². The van der Waals surface area contributed by atoms with Gasteiger partial charge < -0.3 is 9.64 Å². The second kappa shape index (κ2) is 6.33. The van der Waals surface area contributed by atoms with Crippen molar-refractivity contribution in [3.05, 3.63) is 27.7 Å². The maximum absolute atomic E-state index is 6.10. The fourth-order valence-corrected chi connectivity index (χ4v) is 4.82. The summed E-state index contributed by atoms with van der Waals surface area (Å²) in [5.41, 5.74) is 0.995. The first kappa shape index (κ1) is 15.3. The number of nitrogens with zero attached hydrogens (tertiary/aromatic N) is 4. The topological polar surface area (TPSA) is 51.1 Å². The number of rotatable bonds is 3. The standard InChI is InChI=1S/C15H15BrN4OS2/c1-9-18-19-14(22-9)20-6-4-11(5-7-20)21-15-17-12-3-2-10(16)8-13(12)23-15/h2-3,8,11H,4-7H2,1H3. The summed E-state index contributed by atoms with van der Waals surface area (Å²) in [5, 5.41) is 11.1. The van der Waals surface area contributed by atoms with E-state index >= 15 is 0 Å². The van der Waals surface area contributed by atoms with E-state index in [-0.39, 0.29) is 6.10 Å². The lowest BCUT2D eigenvalue weighted by Gasteiger charge is -2.30. The zero-order valence-electron chi connectivity index (χ0n) is 12.5. The van der Waals surface area contributed by atoms with E-state index in [0.29, 0.717) is 0 Å². The predicted molar refractivity (Wildman–Crippen MR) is 97.8 cm³/mol. The highest BCUT2D eigenvalue weighted by Crippen LogP contribution is 2.32. The molecule has 0 spiro atoms. The number of fused-ring (bicyclic) bond motifs is 1. The molecule has 23 heavy (non-hydrogen) atoms. The summed E-state index contributed by atoms with van der Waals surface area (Å²) < 4.78 is 8.32. The van der Waals surface area contributed by atoms with E-state index < -0.39 is 0 Å². The van der Waals surface area contributed by atoms with E-state index in [1.54, 1.807) is 22.7 Å². The molecule has 0 radical (unpaired) electrons. The summed E-state index contributed by atoms with van der Waals surface area (Å²) in [6.45, 7) is 3.90. The molecular weight excluding hydrogens is 396 g/mol. The molecule has 0 atom stereocenters. The third-order valence-corrected chi connectivity index (χ3v) is 6.13. The van der Waals surface area contributed by atoms with Gasteiger partial charge in [-0.1, -0.05) is 38.6 Å². The van der Waals surface area contributed by atoms with Gasteiger partial charge in [0.1, 0.15) is 11.1 Å². The van der Waals surface area contributed by atoms with E-state index in [0.717, 1.165) is 56.0 Å². The second-order valence-corrected chi connectivity index (χ2v) is 8.57. The molecule has 1 fully saturated rings. The SMILES string of the molecule is Cc1nnc(N2CCC(Oc3nc4ccc(Br)cc4s3)CC2)s1. The lowest BCUT2D eigenvalue weighted by Crippen LogP contribution is -2.38. The number of hydrogen-bond acceptors (Lipinski definition) is 7. The number of halogens is 1. The van der Waals surface area contributed by atoms with Crippen LogP contribution in [0.4, 0.5) is 5.13 Å². The first-order valence-corrected chi connectivity index (χ1v) is 9.88. The smallest absolute Gasteiger partial charge is 0.274 e. The predicted octanol–water partition coefficient (Wildman–Crippen LogP) is 4.27.